The lowest BCUT2D eigenvalue weighted by atomic mass is 10.2. The zero-order valence-corrected chi connectivity index (χ0v) is 16.0. The number of rotatable bonds is 5. The van der Waals surface area contributed by atoms with Crippen LogP contribution in [0.3, 0.4) is 0 Å². The first-order valence-corrected chi connectivity index (χ1v) is 9.94. The van der Waals surface area contributed by atoms with Gasteiger partial charge in [-0.25, -0.2) is 0 Å². The summed E-state index contributed by atoms with van der Waals surface area (Å²) in [6.07, 6.45) is 0.824. The predicted molar refractivity (Wildman–Crippen MR) is 107 cm³/mol. The Morgan fingerprint density at radius 3 is 2.28 bits per heavy atom. The van der Waals surface area contributed by atoms with Crippen LogP contribution in [0.15, 0.2) is 59.5 Å². The van der Waals surface area contributed by atoms with Crippen molar-refractivity contribution in [2.45, 2.75) is 23.5 Å². The number of nitrogens with zero attached hydrogens (tertiary/aromatic N) is 2. The topological polar surface area (TPSA) is 23.6 Å². The zero-order valence-electron chi connectivity index (χ0n) is 14.4. The monoisotopic (exact) mass is 374 g/mol. The molecule has 0 aromatic heterocycles. The van der Waals surface area contributed by atoms with Crippen molar-refractivity contribution in [2.24, 2.45) is 0 Å². The summed E-state index contributed by atoms with van der Waals surface area (Å²) in [7, 11) is 0. The van der Waals surface area contributed by atoms with Gasteiger partial charge in [0.05, 0.1) is 5.25 Å². The molecule has 0 spiro atoms. The van der Waals surface area contributed by atoms with E-state index >= 15 is 0 Å². The molecule has 1 atom stereocenters. The molecule has 1 aliphatic heterocycles. The number of benzene rings is 2. The number of hydrogen-bond donors (Lipinski definition) is 0. The Balaban J connectivity index is 1.57. The Labute approximate surface area is 159 Å². The molecule has 5 heteroatoms. The standard InChI is InChI=1S/C20H23ClN2OS/c1-2-19(25-18-10-8-16(21)9-11-18)20(24)23-14-12-22(13-15-23)17-6-4-3-5-7-17/h3-11,19H,2,12-15H2,1H3/t19-/m1/s1. The third kappa shape index (κ3) is 4.71. The summed E-state index contributed by atoms with van der Waals surface area (Å²) in [5, 5.41) is 0.685. The third-order valence-corrected chi connectivity index (χ3v) is 6.07. The van der Waals surface area contributed by atoms with E-state index in [9.17, 15) is 4.79 Å². The SMILES string of the molecule is CC[C@@H](Sc1ccc(Cl)cc1)C(=O)N1CCN(c2ccccc2)CC1. The van der Waals surface area contributed by atoms with Crippen LogP contribution >= 0.6 is 23.4 Å². The average molecular weight is 375 g/mol. The number of hydrogen-bond acceptors (Lipinski definition) is 3. The van der Waals surface area contributed by atoms with Gasteiger partial charge < -0.3 is 9.80 Å². The Kier molecular flexibility index (Phi) is 6.27. The Bertz CT molecular complexity index is 685. The van der Waals surface area contributed by atoms with Crippen molar-refractivity contribution in [3.63, 3.8) is 0 Å². The fraction of sp³-hybridized carbons (Fsp3) is 0.350. The second kappa shape index (κ2) is 8.63. The fourth-order valence-electron chi connectivity index (χ4n) is 3.01. The molecule has 0 aliphatic carbocycles. The number of thioether (sulfide) groups is 1. The van der Waals surface area contributed by atoms with Crippen molar-refractivity contribution >= 4 is 35.0 Å². The largest absolute Gasteiger partial charge is 0.368 e. The van der Waals surface area contributed by atoms with Gasteiger partial charge in [-0.15, -0.1) is 11.8 Å². The van der Waals surface area contributed by atoms with E-state index in [-0.39, 0.29) is 11.2 Å². The molecule has 1 aliphatic rings. The van der Waals surface area contributed by atoms with E-state index in [1.54, 1.807) is 11.8 Å². The summed E-state index contributed by atoms with van der Waals surface area (Å²) in [6, 6.07) is 18.1. The Morgan fingerprint density at radius 2 is 1.68 bits per heavy atom. The van der Waals surface area contributed by atoms with Crippen LogP contribution in [0.1, 0.15) is 13.3 Å². The molecule has 2 aromatic rings. The lowest BCUT2D eigenvalue weighted by Crippen LogP contribution is -2.51. The maximum atomic E-state index is 12.9. The van der Waals surface area contributed by atoms with Crippen LogP contribution in [-0.2, 0) is 4.79 Å². The van der Waals surface area contributed by atoms with Gasteiger partial charge in [-0.1, -0.05) is 36.7 Å². The van der Waals surface area contributed by atoms with Crippen LogP contribution in [0.5, 0.6) is 0 Å². The first kappa shape index (κ1) is 18.2. The van der Waals surface area contributed by atoms with Crippen LogP contribution in [0.2, 0.25) is 5.02 Å². The van der Waals surface area contributed by atoms with E-state index in [0.29, 0.717) is 0 Å². The van der Waals surface area contributed by atoms with Crippen molar-refractivity contribution in [3.8, 4) is 0 Å². The zero-order chi connectivity index (χ0) is 17.6. The lowest BCUT2D eigenvalue weighted by Gasteiger charge is -2.37. The van der Waals surface area contributed by atoms with Gasteiger partial charge in [0, 0.05) is 41.8 Å². The van der Waals surface area contributed by atoms with Crippen molar-refractivity contribution in [2.75, 3.05) is 31.1 Å². The molecule has 0 unspecified atom stereocenters. The van der Waals surface area contributed by atoms with Gasteiger partial charge in [-0.3, -0.25) is 4.79 Å². The van der Waals surface area contributed by atoms with Crippen molar-refractivity contribution in [1.29, 1.82) is 0 Å². The number of amides is 1. The van der Waals surface area contributed by atoms with Gasteiger partial charge in [-0.05, 0) is 42.8 Å². The molecule has 0 saturated carbocycles. The molecule has 0 radical (unpaired) electrons. The number of anilines is 1. The number of para-hydroxylation sites is 1. The highest BCUT2D eigenvalue weighted by molar-refractivity contribution is 8.00. The molecule has 25 heavy (non-hydrogen) atoms. The van der Waals surface area contributed by atoms with E-state index in [1.807, 2.05) is 35.2 Å². The molecule has 2 aromatic carbocycles. The normalized spacial score (nSPS) is 15.9. The van der Waals surface area contributed by atoms with Crippen LogP contribution in [0.25, 0.3) is 0 Å². The van der Waals surface area contributed by atoms with E-state index < -0.39 is 0 Å². The van der Waals surface area contributed by atoms with Gasteiger partial charge in [0.2, 0.25) is 5.91 Å². The summed E-state index contributed by atoms with van der Waals surface area (Å²) in [4.78, 5) is 18.3. The first-order chi connectivity index (χ1) is 12.2. The minimum absolute atomic E-state index is 0.0375. The molecule has 3 nitrogen and oxygen atoms in total. The minimum atomic E-state index is -0.0375. The summed E-state index contributed by atoms with van der Waals surface area (Å²) < 4.78 is 0. The van der Waals surface area contributed by atoms with E-state index in [0.717, 1.165) is 42.5 Å². The van der Waals surface area contributed by atoms with Crippen LogP contribution in [0, 0.1) is 0 Å². The van der Waals surface area contributed by atoms with E-state index in [4.69, 9.17) is 11.6 Å². The molecule has 1 amide bonds. The Morgan fingerprint density at radius 1 is 1.04 bits per heavy atom. The van der Waals surface area contributed by atoms with E-state index in [2.05, 4.69) is 36.1 Å². The molecule has 132 valence electrons. The highest BCUT2D eigenvalue weighted by atomic mass is 35.5. The molecular weight excluding hydrogens is 352 g/mol. The first-order valence-electron chi connectivity index (χ1n) is 8.68. The predicted octanol–water partition coefficient (Wildman–Crippen LogP) is 4.56. The van der Waals surface area contributed by atoms with Crippen LogP contribution < -0.4 is 4.90 Å². The maximum Gasteiger partial charge on any atom is 0.236 e. The summed E-state index contributed by atoms with van der Waals surface area (Å²) in [5.74, 6) is 0.246. The highest BCUT2D eigenvalue weighted by Gasteiger charge is 2.27. The summed E-state index contributed by atoms with van der Waals surface area (Å²) in [5.41, 5.74) is 1.23. The van der Waals surface area contributed by atoms with Gasteiger partial charge in [0.25, 0.3) is 0 Å². The Hall–Kier alpha value is -1.65. The molecule has 3 rings (SSSR count). The highest BCUT2D eigenvalue weighted by Crippen LogP contribution is 2.28. The summed E-state index contributed by atoms with van der Waals surface area (Å²) >= 11 is 7.57. The average Bonchev–Trinajstić information content (AvgIpc) is 2.68. The van der Waals surface area contributed by atoms with E-state index in [1.165, 1.54) is 5.69 Å². The van der Waals surface area contributed by atoms with Gasteiger partial charge in [-0.2, -0.15) is 0 Å². The van der Waals surface area contributed by atoms with Gasteiger partial charge in [0.15, 0.2) is 0 Å². The smallest absolute Gasteiger partial charge is 0.236 e. The maximum absolute atomic E-state index is 12.9. The molecule has 0 bridgehead atoms. The molecule has 1 fully saturated rings. The van der Waals surface area contributed by atoms with Gasteiger partial charge >= 0.3 is 0 Å². The van der Waals surface area contributed by atoms with Crippen molar-refractivity contribution in [3.05, 3.63) is 59.6 Å². The second-order valence-corrected chi connectivity index (χ2v) is 7.83. The number of carbonyl (C=O) groups is 1. The molecule has 1 heterocycles. The summed E-state index contributed by atoms with van der Waals surface area (Å²) in [6.45, 7) is 5.41. The minimum Gasteiger partial charge on any atom is -0.368 e. The number of carbonyl (C=O) groups excluding carboxylic acids is 1. The van der Waals surface area contributed by atoms with Crippen LogP contribution in [0.4, 0.5) is 5.69 Å². The van der Waals surface area contributed by atoms with Crippen molar-refractivity contribution < 1.29 is 4.79 Å². The number of piperazine rings is 1. The lowest BCUT2D eigenvalue weighted by molar-refractivity contribution is -0.130. The molecular formula is C20H23ClN2OS. The van der Waals surface area contributed by atoms with Crippen LogP contribution in [-0.4, -0.2) is 42.2 Å². The molecule has 1 saturated heterocycles. The van der Waals surface area contributed by atoms with Crippen molar-refractivity contribution in [1.82, 2.24) is 4.90 Å². The quantitative estimate of drug-likeness (QED) is 0.717. The second-order valence-electron chi connectivity index (χ2n) is 6.12. The third-order valence-electron chi connectivity index (χ3n) is 4.45. The molecule has 0 N–H and O–H groups in total. The van der Waals surface area contributed by atoms with Gasteiger partial charge in [0.1, 0.15) is 0 Å². The fourth-order valence-corrected chi connectivity index (χ4v) is 4.18. The number of halogens is 1.